The molecule has 3 fully saturated rings. The number of β-amino-alcohol motifs (C(OH)–C–C–N with tert-alkyl or cyclic N) is 1. The Morgan fingerprint density at radius 1 is 1.20 bits per heavy atom. The molecule has 1 heterocycles. The molecule has 3 rings (SSSR count). The van der Waals surface area contributed by atoms with E-state index in [1.807, 2.05) is 6.92 Å². The standard InChI is InChI=1S/C17H25FN2O5/c1-16(4-2-3-5-16)12(19-15(25)17(18)6-7-17)13(22)20-9-10(21)8-11(20)14(23)24/h10-12,21H,2-9H2,1H3,(H,19,25)(H,23,24)/t10-,11+,12-/m1/s1. The maximum Gasteiger partial charge on any atom is 0.326 e. The van der Waals surface area contributed by atoms with Gasteiger partial charge in [0, 0.05) is 13.0 Å². The van der Waals surface area contributed by atoms with E-state index in [-0.39, 0.29) is 25.8 Å². The number of likely N-dealkylation sites (tertiary alicyclic amines) is 1. The van der Waals surface area contributed by atoms with Crippen molar-refractivity contribution >= 4 is 17.8 Å². The van der Waals surface area contributed by atoms with Crippen LogP contribution in [-0.2, 0) is 14.4 Å². The second kappa shape index (κ2) is 6.23. The van der Waals surface area contributed by atoms with Gasteiger partial charge in [0.15, 0.2) is 5.67 Å². The third kappa shape index (κ3) is 3.36. The van der Waals surface area contributed by atoms with Crippen molar-refractivity contribution in [2.45, 2.75) is 75.7 Å². The molecule has 0 aromatic heterocycles. The number of hydrogen-bond donors (Lipinski definition) is 3. The van der Waals surface area contributed by atoms with Crippen LogP contribution in [0, 0.1) is 5.41 Å². The van der Waals surface area contributed by atoms with Crippen molar-refractivity contribution in [2.75, 3.05) is 6.54 Å². The number of amides is 2. The molecule has 0 unspecified atom stereocenters. The number of carbonyl (C=O) groups excluding carboxylic acids is 2. The van der Waals surface area contributed by atoms with E-state index in [4.69, 9.17) is 0 Å². The van der Waals surface area contributed by atoms with Crippen LogP contribution in [0.1, 0.15) is 51.9 Å². The molecule has 2 amide bonds. The minimum absolute atomic E-state index is 0.0362. The lowest BCUT2D eigenvalue weighted by Gasteiger charge is -2.37. The number of aliphatic carboxylic acids is 1. The second-order valence-electron chi connectivity index (χ2n) is 7.97. The van der Waals surface area contributed by atoms with Crippen molar-refractivity contribution in [1.29, 1.82) is 0 Å². The van der Waals surface area contributed by atoms with Crippen LogP contribution in [0.4, 0.5) is 4.39 Å². The van der Waals surface area contributed by atoms with Crippen LogP contribution in [0.25, 0.3) is 0 Å². The van der Waals surface area contributed by atoms with Gasteiger partial charge in [-0.25, -0.2) is 9.18 Å². The number of rotatable bonds is 5. The predicted octanol–water partition coefficient (Wildman–Crippen LogP) is 0.600. The van der Waals surface area contributed by atoms with Crippen molar-refractivity contribution in [2.24, 2.45) is 5.41 Å². The van der Waals surface area contributed by atoms with E-state index in [1.165, 1.54) is 0 Å². The number of carboxylic acids is 1. The molecule has 2 aliphatic carbocycles. The first kappa shape index (κ1) is 18.1. The molecule has 0 bridgehead atoms. The zero-order valence-electron chi connectivity index (χ0n) is 14.3. The highest BCUT2D eigenvalue weighted by Crippen LogP contribution is 2.44. The quantitative estimate of drug-likeness (QED) is 0.669. The van der Waals surface area contributed by atoms with Crippen LogP contribution in [0.3, 0.4) is 0 Å². The highest BCUT2D eigenvalue weighted by atomic mass is 19.1. The molecular formula is C17H25FN2O5. The van der Waals surface area contributed by atoms with E-state index < -0.39 is 47.1 Å². The molecule has 0 aromatic carbocycles. The third-order valence-electron chi connectivity index (χ3n) is 5.91. The maximum absolute atomic E-state index is 14.1. The van der Waals surface area contributed by atoms with Gasteiger partial charge in [0.05, 0.1) is 6.10 Å². The van der Waals surface area contributed by atoms with Crippen LogP contribution in [0.5, 0.6) is 0 Å². The van der Waals surface area contributed by atoms with E-state index in [2.05, 4.69) is 5.32 Å². The SMILES string of the molecule is CC1([C@H](NC(=O)C2(F)CC2)C(=O)N2C[C@H](O)C[C@H]2C(=O)O)CCCC1. The molecular weight excluding hydrogens is 331 g/mol. The lowest BCUT2D eigenvalue weighted by Crippen LogP contribution is -2.59. The number of carbonyl (C=O) groups is 3. The fourth-order valence-corrected chi connectivity index (χ4v) is 4.06. The van der Waals surface area contributed by atoms with Gasteiger partial charge < -0.3 is 20.4 Å². The average Bonchev–Trinajstić information content (AvgIpc) is 2.96. The van der Waals surface area contributed by atoms with E-state index in [9.17, 15) is 29.0 Å². The highest BCUT2D eigenvalue weighted by Gasteiger charge is 2.54. The number of alkyl halides is 1. The Kier molecular flexibility index (Phi) is 4.51. The molecule has 1 aliphatic heterocycles. The molecule has 140 valence electrons. The van der Waals surface area contributed by atoms with Crippen LogP contribution >= 0.6 is 0 Å². The summed E-state index contributed by atoms with van der Waals surface area (Å²) < 4.78 is 14.1. The van der Waals surface area contributed by atoms with Crippen molar-refractivity contribution in [3.63, 3.8) is 0 Å². The van der Waals surface area contributed by atoms with Crippen LogP contribution in [0.15, 0.2) is 0 Å². The van der Waals surface area contributed by atoms with E-state index in [1.54, 1.807) is 0 Å². The molecule has 1 saturated heterocycles. The van der Waals surface area contributed by atoms with Crippen molar-refractivity contribution in [1.82, 2.24) is 10.2 Å². The van der Waals surface area contributed by atoms with Crippen molar-refractivity contribution in [3.05, 3.63) is 0 Å². The van der Waals surface area contributed by atoms with Crippen LogP contribution in [-0.4, -0.2) is 63.3 Å². The topological polar surface area (TPSA) is 107 Å². The molecule has 2 saturated carbocycles. The lowest BCUT2D eigenvalue weighted by atomic mass is 9.79. The van der Waals surface area contributed by atoms with Gasteiger partial charge in [0.25, 0.3) is 5.91 Å². The first-order valence-corrected chi connectivity index (χ1v) is 8.87. The number of carboxylic acid groups (broad SMARTS) is 1. The van der Waals surface area contributed by atoms with Gasteiger partial charge in [-0.15, -0.1) is 0 Å². The minimum atomic E-state index is -1.90. The Balaban J connectivity index is 1.84. The summed E-state index contributed by atoms with van der Waals surface area (Å²) in [4.78, 5) is 37.9. The molecule has 3 aliphatic rings. The highest BCUT2D eigenvalue weighted by molar-refractivity contribution is 5.95. The summed E-state index contributed by atoms with van der Waals surface area (Å²) in [6.45, 7) is 1.79. The number of hydrogen-bond acceptors (Lipinski definition) is 4. The first-order chi connectivity index (χ1) is 11.7. The molecule has 0 spiro atoms. The maximum atomic E-state index is 14.1. The molecule has 0 radical (unpaired) electrons. The van der Waals surface area contributed by atoms with Gasteiger partial charge in [0.2, 0.25) is 5.91 Å². The summed E-state index contributed by atoms with van der Waals surface area (Å²) in [6.07, 6.45) is 2.57. The minimum Gasteiger partial charge on any atom is -0.480 e. The normalized spacial score (nSPS) is 30.8. The summed E-state index contributed by atoms with van der Waals surface area (Å²) in [5, 5.41) is 21.7. The molecule has 3 atom stereocenters. The Bertz CT molecular complexity index is 586. The van der Waals surface area contributed by atoms with Crippen LogP contribution < -0.4 is 5.32 Å². The fourth-order valence-electron chi connectivity index (χ4n) is 4.06. The summed E-state index contributed by atoms with van der Waals surface area (Å²) in [7, 11) is 0. The van der Waals surface area contributed by atoms with Gasteiger partial charge in [-0.1, -0.05) is 19.8 Å². The smallest absolute Gasteiger partial charge is 0.326 e. The monoisotopic (exact) mass is 356 g/mol. The van der Waals surface area contributed by atoms with Crippen molar-refractivity contribution < 1.29 is 29.0 Å². The zero-order chi connectivity index (χ0) is 18.4. The Morgan fingerprint density at radius 3 is 2.32 bits per heavy atom. The molecule has 3 N–H and O–H groups in total. The van der Waals surface area contributed by atoms with E-state index in [0.717, 1.165) is 17.7 Å². The Morgan fingerprint density at radius 2 is 1.80 bits per heavy atom. The van der Waals surface area contributed by atoms with E-state index in [0.29, 0.717) is 12.8 Å². The number of nitrogens with zero attached hydrogens (tertiary/aromatic N) is 1. The van der Waals surface area contributed by atoms with Gasteiger partial charge in [-0.3, -0.25) is 9.59 Å². The number of aliphatic hydroxyl groups excluding tert-OH is 1. The molecule has 8 heteroatoms. The Labute approximate surface area is 145 Å². The Hall–Kier alpha value is -1.70. The number of halogens is 1. The zero-order valence-corrected chi connectivity index (χ0v) is 14.3. The second-order valence-corrected chi connectivity index (χ2v) is 7.97. The molecule has 0 aromatic rings. The van der Waals surface area contributed by atoms with E-state index >= 15 is 0 Å². The number of nitrogens with one attached hydrogen (secondary N) is 1. The first-order valence-electron chi connectivity index (χ1n) is 8.87. The van der Waals surface area contributed by atoms with Gasteiger partial charge in [0.1, 0.15) is 12.1 Å². The average molecular weight is 356 g/mol. The largest absolute Gasteiger partial charge is 0.480 e. The summed E-state index contributed by atoms with van der Waals surface area (Å²) in [5.74, 6) is -2.51. The van der Waals surface area contributed by atoms with Gasteiger partial charge in [-0.05, 0) is 31.1 Å². The summed E-state index contributed by atoms with van der Waals surface area (Å²) in [6, 6.07) is -2.09. The van der Waals surface area contributed by atoms with Crippen molar-refractivity contribution in [3.8, 4) is 0 Å². The molecule has 25 heavy (non-hydrogen) atoms. The third-order valence-corrected chi connectivity index (χ3v) is 5.91. The predicted molar refractivity (Wildman–Crippen MR) is 85.3 cm³/mol. The van der Waals surface area contributed by atoms with Gasteiger partial charge in [-0.2, -0.15) is 0 Å². The summed E-state index contributed by atoms with van der Waals surface area (Å²) in [5.41, 5.74) is -2.43. The van der Waals surface area contributed by atoms with Crippen LogP contribution in [0.2, 0.25) is 0 Å². The lowest BCUT2D eigenvalue weighted by molar-refractivity contribution is -0.151. The fraction of sp³-hybridized carbons (Fsp3) is 0.824. The summed E-state index contributed by atoms with van der Waals surface area (Å²) >= 11 is 0. The molecule has 7 nitrogen and oxygen atoms in total. The number of aliphatic hydroxyl groups is 1. The van der Waals surface area contributed by atoms with Gasteiger partial charge >= 0.3 is 5.97 Å².